The van der Waals surface area contributed by atoms with E-state index in [1.807, 2.05) is 49.4 Å². The summed E-state index contributed by atoms with van der Waals surface area (Å²) in [4.78, 5) is 58.6. The molecule has 6 rings (SSSR count). The van der Waals surface area contributed by atoms with Crippen molar-refractivity contribution in [3.63, 3.8) is 0 Å². The highest BCUT2D eigenvalue weighted by atomic mass is 16.4. The lowest BCUT2D eigenvalue weighted by Gasteiger charge is -2.41. The van der Waals surface area contributed by atoms with Crippen molar-refractivity contribution in [3.8, 4) is 11.1 Å². The third-order valence-corrected chi connectivity index (χ3v) is 7.94. The summed E-state index contributed by atoms with van der Waals surface area (Å²) in [6.45, 7) is 3.77. The molecule has 0 unspecified atom stereocenters. The van der Waals surface area contributed by atoms with Crippen molar-refractivity contribution < 1.29 is 19.5 Å². The minimum absolute atomic E-state index is 0.0205. The minimum Gasteiger partial charge on any atom is -0.478 e. The number of anilines is 2. The summed E-state index contributed by atoms with van der Waals surface area (Å²) in [5.41, 5.74) is 2.41. The molecule has 10 nitrogen and oxygen atoms in total. The summed E-state index contributed by atoms with van der Waals surface area (Å²) < 4.78 is 0. The van der Waals surface area contributed by atoms with E-state index in [-0.39, 0.29) is 17.1 Å². The topological polar surface area (TPSA) is 120 Å². The Labute approximate surface area is 236 Å². The van der Waals surface area contributed by atoms with E-state index in [1.165, 1.54) is 35.6 Å². The van der Waals surface area contributed by atoms with E-state index in [2.05, 4.69) is 19.9 Å². The monoisotopic (exact) mass is 548 g/mol. The molecule has 0 aliphatic carbocycles. The Balaban J connectivity index is 1.42. The number of aromatic nitrogens is 3. The molecule has 3 amide bonds. The van der Waals surface area contributed by atoms with Gasteiger partial charge in [-0.15, -0.1) is 0 Å². The maximum absolute atomic E-state index is 14.5. The molecule has 0 saturated carbocycles. The van der Waals surface area contributed by atoms with Crippen LogP contribution in [0.3, 0.4) is 0 Å². The number of imide groups is 1. The van der Waals surface area contributed by atoms with Gasteiger partial charge in [0.25, 0.3) is 5.91 Å². The number of hydrogen-bond donors (Lipinski definition) is 1. The number of hydrogen-bond acceptors (Lipinski definition) is 7. The third kappa shape index (κ3) is 4.62. The van der Waals surface area contributed by atoms with Gasteiger partial charge in [0.2, 0.25) is 0 Å². The molecule has 0 atom stereocenters. The summed E-state index contributed by atoms with van der Waals surface area (Å²) in [5.74, 6) is -1.27. The van der Waals surface area contributed by atoms with Crippen LogP contribution in [0, 0.1) is 6.92 Å². The molecule has 2 saturated heterocycles. The van der Waals surface area contributed by atoms with Crippen molar-refractivity contribution in [3.05, 3.63) is 102 Å². The number of urea groups is 1. The molecule has 1 spiro atoms. The van der Waals surface area contributed by atoms with Crippen LogP contribution in [-0.2, 0) is 11.3 Å². The molecule has 0 radical (unpaired) electrons. The largest absolute Gasteiger partial charge is 0.478 e. The second-order valence-electron chi connectivity index (χ2n) is 10.3. The van der Waals surface area contributed by atoms with E-state index >= 15 is 0 Å². The van der Waals surface area contributed by atoms with Crippen molar-refractivity contribution >= 4 is 29.4 Å². The van der Waals surface area contributed by atoms with Crippen LogP contribution in [0.4, 0.5) is 16.3 Å². The van der Waals surface area contributed by atoms with E-state index in [0.29, 0.717) is 38.0 Å². The number of carboxylic acids is 1. The molecule has 2 aromatic heterocycles. The quantitative estimate of drug-likeness (QED) is 0.349. The molecule has 206 valence electrons. The van der Waals surface area contributed by atoms with E-state index in [0.717, 1.165) is 21.7 Å². The number of amides is 3. The molecule has 1 N–H and O–H groups in total. The first-order chi connectivity index (χ1) is 19.9. The second kappa shape index (κ2) is 10.5. The number of likely N-dealkylation sites (tertiary alicyclic amines) is 1. The summed E-state index contributed by atoms with van der Waals surface area (Å²) in [7, 11) is 0. The second-order valence-corrected chi connectivity index (χ2v) is 10.3. The average molecular weight is 549 g/mol. The number of carboxylic acid groups (broad SMARTS) is 1. The van der Waals surface area contributed by atoms with Crippen molar-refractivity contribution in [2.24, 2.45) is 0 Å². The smallest absolute Gasteiger partial charge is 0.338 e. The zero-order valence-corrected chi connectivity index (χ0v) is 22.5. The van der Waals surface area contributed by atoms with E-state index in [9.17, 15) is 19.5 Å². The molecular weight excluding hydrogens is 520 g/mol. The van der Waals surface area contributed by atoms with E-state index in [1.54, 1.807) is 12.3 Å². The molecule has 4 aromatic rings. The van der Waals surface area contributed by atoms with Crippen molar-refractivity contribution in [1.82, 2.24) is 19.9 Å². The number of aryl methyl sites for hydroxylation is 1. The van der Waals surface area contributed by atoms with Crippen LogP contribution < -0.4 is 9.80 Å². The summed E-state index contributed by atoms with van der Waals surface area (Å²) >= 11 is 0. The lowest BCUT2D eigenvalue weighted by molar-refractivity contribution is -0.123. The van der Waals surface area contributed by atoms with Gasteiger partial charge in [-0.25, -0.2) is 19.5 Å². The fourth-order valence-corrected chi connectivity index (χ4v) is 5.74. The lowest BCUT2D eigenvalue weighted by atomic mass is 9.85. The predicted octanol–water partition coefficient (Wildman–Crippen LogP) is 4.55. The van der Waals surface area contributed by atoms with Crippen LogP contribution >= 0.6 is 0 Å². The van der Waals surface area contributed by atoms with Gasteiger partial charge in [-0.1, -0.05) is 42.5 Å². The predicted molar refractivity (Wildman–Crippen MR) is 152 cm³/mol. The number of pyridine rings is 1. The van der Waals surface area contributed by atoms with Crippen LogP contribution in [0.15, 0.2) is 85.5 Å². The van der Waals surface area contributed by atoms with Crippen molar-refractivity contribution in [2.45, 2.75) is 31.8 Å². The first-order valence-corrected chi connectivity index (χ1v) is 13.4. The molecule has 41 heavy (non-hydrogen) atoms. The molecule has 2 aliphatic rings. The standard InChI is InChI=1S/C31H28N6O4/c1-21-6-5-13-33-25(21)20-35-16-11-31(12-17-35)29(40)36(30(41)37(31)27-19-32-14-15-34-27)26-18-23(28(38)39)9-10-24(26)22-7-3-2-4-8-22/h2-10,13-15,18-19H,11-12,16-17,20H2,1H3,(H,38,39). The zero-order valence-electron chi connectivity index (χ0n) is 22.5. The van der Waals surface area contributed by atoms with Crippen molar-refractivity contribution in [1.29, 1.82) is 0 Å². The van der Waals surface area contributed by atoms with Crippen LogP contribution in [0.1, 0.15) is 34.5 Å². The third-order valence-electron chi connectivity index (χ3n) is 7.94. The number of piperidine rings is 1. The summed E-state index contributed by atoms with van der Waals surface area (Å²) in [6, 6.07) is 17.2. The minimum atomic E-state index is -1.20. The van der Waals surface area contributed by atoms with Crippen LogP contribution in [-0.4, -0.2) is 61.5 Å². The number of benzene rings is 2. The van der Waals surface area contributed by atoms with Gasteiger partial charge < -0.3 is 5.11 Å². The lowest BCUT2D eigenvalue weighted by Crippen LogP contribution is -2.57. The Morgan fingerprint density at radius 2 is 1.73 bits per heavy atom. The molecule has 0 bridgehead atoms. The highest BCUT2D eigenvalue weighted by Crippen LogP contribution is 2.44. The Bertz CT molecular complexity index is 1620. The van der Waals surface area contributed by atoms with E-state index < -0.39 is 23.4 Å². The van der Waals surface area contributed by atoms with Gasteiger partial charge in [-0.2, -0.15) is 0 Å². The summed E-state index contributed by atoms with van der Waals surface area (Å²) in [5, 5.41) is 9.76. The number of carbonyl (C=O) groups excluding carboxylic acids is 2. The highest BCUT2D eigenvalue weighted by Gasteiger charge is 2.60. The Morgan fingerprint density at radius 1 is 0.951 bits per heavy atom. The number of rotatable bonds is 6. The highest BCUT2D eigenvalue weighted by molar-refractivity contribution is 6.31. The summed E-state index contributed by atoms with van der Waals surface area (Å²) in [6.07, 6.45) is 6.99. The number of nitrogens with zero attached hydrogens (tertiary/aromatic N) is 6. The van der Waals surface area contributed by atoms with Gasteiger partial charge in [0.05, 0.1) is 23.1 Å². The fraction of sp³-hybridized carbons (Fsp3) is 0.226. The Kier molecular flexibility index (Phi) is 6.76. The number of aromatic carboxylic acids is 1. The zero-order chi connectivity index (χ0) is 28.6. The van der Waals surface area contributed by atoms with Gasteiger partial charge in [0.1, 0.15) is 5.54 Å². The van der Waals surface area contributed by atoms with Gasteiger partial charge in [0.15, 0.2) is 5.82 Å². The SMILES string of the molecule is Cc1cccnc1CN1CCC2(CC1)C(=O)N(c1cc(C(=O)O)ccc1-c1ccccc1)C(=O)N2c1cnccn1. The van der Waals surface area contributed by atoms with Gasteiger partial charge in [-0.05, 0) is 49.1 Å². The first kappa shape index (κ1) is 26.3. The normalized spacial score (nSPS) is 16.9. The number of carbonyl (C=O) groups is 3. The van der Waals surface area contributed by atoms with Gasteiger partial charge in [-0.3, -0.25) is 24.6 Å². The maximum atomic E-state index is 14.5. The molecule has 2 aromatic carbocycles. The van der Waals surface area contributed by atoms with Crippen molar-refractivity contribution in [2.75, 3.05) is 22.9 Å². The average Bonchev–Trinajstić information content (AvgIpc) is 3.20. The maximum Gasteiger partial charge on any atom is 0.338 e. The molecule has 2 aliphatic heterocycles. The Morgan fingerprint density at radius 3 is 2.41 bits per heavy atom. The molecule has 2 fully saturated rings. The van der Waals surface area contributed by atoms with Crippen LogP contribution in [0.25, 0.3) is 11.1 Å². The molecule has 4 heterocycles. The van der Waals surface area contributed by atoms with Gasteiger partial charge >= 0.3 is 12.0 Å². The van der Waals surface area contributed by atoms with Crippen LogP contribution in [0.2, 0.25) is 0 Å². The molecule has 10 heteroatoms. The molecular formula is C31H28N6O4. The van der Waals surface area contributed by atoms with E-state index in [4.69, 9.17) is 0 Å². The van der Waals surface area contributed by atoms with Crippen LogP contribution in [0.5, 0.6) is 0 Å². The Hall–Kier alpha value is -4.96. The first-order valence-electron chi connectivity index (χ1n) is 13.4. The fourth-order valence-electron chi connectivity index (χ4n) is 5.74. The van der Waals surface area contributed by atoms with Gasteiger partial charge in [0, 0.05) is 43.8 Å².